The zero-order valence-corrected chi connectivity index (χ0v) is 15.3. The van der Waals surface area contributed by atoms with Crippen LogP contribution in [0.4, 0.5) is 0 Å². The van der Waals surface area contributed by atoms with E-state index >= 15 is 0 Å². The van der Waals surface area contributed by atoms with Crippen LogP contribution in [0.1, 0.15) is 29.4 Å². The Morgan fingerprint density at radius 2 is 2.08 bits per heavy atom. The third-order valence-corrected chi connectivity index (χ3v) is 6.36. The molecule has 8 nitrogen and oxygen atoms in total. The first-order valence-electron chi connectivity index (χ1n) is 7.18. The van der Waals surface area contributed by atoms with Crippen molar-refractivity contribution in [3.05, 3.63) is 34.9 Å². The molecule has 10 heteroatoms. The summed E-state index contributed by atoms with van der Waals surface area (Å²) in [4.78, 5) is 1.63. The van der Waals surface area contributed by atoms with E-state index in [1.165, 1.54) is 17.7 Å². The fourth-order valence-electron chi connectivity index (χ4n) is 2.37. The smallest absolute Gasteiger partial charge is 0.242 e. The van der Waals surface area contributed by atoms with Crippen LogP contribution in [0, 0.1) is 13.8 Å². The molecule has 0 saturated carbocycles. The molecule has 0 aliphatic rings. The third-order valence-electron chi connectivity index (χ3n) is 3.50. The average Bonchev–Trinajstić information content (AvgIpc) is 3.18. The molecule has 0 saturated heterocycles. The Kier molecular flexibility index (Phi) is 4.28. The number of hydrogen-bond acceptors (Lipinski definition) is 7. The molecule has 0 bridgehead atoms. The van der Waals surface area contributed by atoms with Gasteiger partial charge in [0.2, 0.25) is 10.0 Å². The Labute approximate surface area is 143 Å². The minimum Gasteiger partial charge on any atom is -0.355 e. The van der Waals surface area contributed by atoms with Crippen LogP contribution in [0.25, 0.3) is 10.6 Å². The summed E-state index contributed by atoms with van der Waals surface area (Å²) in [5, 5.41) is 11.5. The lowest BCUT2D eigenvalue weighted by molar-refractivity contribution is 0.428. The summed E-state index contributed by atoms with van der Waals surface area (Å²) in [6.07, 6.45) is 1.53. The molecule has 0 aliphatic heterocycles. The molecule has 0 aliphatic carbocycles. The van der Waals surface area contributed by atoms with E-state index in [1.807, 2.05) is 6.92 Å². The lowest BCUT2D eigenvalue weighted by Gasteiger charge is -2.13. The predicted octanol–water partition coefficient (Wildman–Crippen LogP) is 2.19. The van der Waals surface area contributed by atoms with Crippen LogP contribution < -0.4 is 4.72 Å². The average molecular weight is 367 g/mol. The molecule has 0 radical (unpaired) electrons. The number of aromatic nitrogens is 4. The Bertz CT molecular complexity index is 970. The second kappa shape index (κ2) is 6.11. The highest BCUT2D eigenvalue weighted by atomic mass is 32.2. The number of aryl methyl sites for hydroxylation is 3. The quantitative estimate of drug-likeness (QED) is 0.741. The summed E-state index contributed by atoms with van der Waals surface area (Å²) in [5.41, 5.74) is 0.745. The minimum absolute atomic E-state index is 0.227. The van der Waals surface area contributed by atoms with E-state index in [4.69, 9.17) is 4.52 Å². The normalized spacial score (nSPS) is 13.3. The summed E-state index contributed by atoms with van der Waals surface area (Å²) in [6, 6.07) is 2.88. The van der Waals surface area contributed by atoms with Gasteiger partial charge < -0.3 is 9.09 Å². The first kappa shape index (κ1) is 16.8. The Morgan fingerprint density at radius 3 is 2.67 bits per heavy atom. The molecule has 1 N–H and O–H groups in total. The van der Waals surface area contributed by atoms with Crippen molar-refractivity contribution >= 4 is 21.4 Å². The van der Waals surface area contributed by atoms with E-state index in [0.29, 0.717) is 16.5 Å². The largest absolute Gasteiger partial charge is 0.355 e. The number of nitrogens with one attached hydrogen (secondary N) is 1. The highest BCUT2D eigenvalue weighted by Gasteiger charge is 2.25. The van der Waals surface area contributed by atoms with Gasteiger partial charge in [-0.05, 0) is 26.8 Å². The molecular formula is C14H17N5O3S2. The lowest BCUT2D eigenvalue weighted by atomic mass is 10.3. The first-order chi connectivity index (χ1) is 11.3. The summed E-state index contributed by atoms with van der Waals surface area (Å²) >= 11 is 1.35. The van der Waals surface area contributed by atoms with Gasteiger partial charge >= 0.3 is 0 Å². The van der Waals surface area contributed by atoms with Crippen LogP contribution >= 0.6 is 11.3 Å². The molecule has 24 heavy (non-hydrogen) atoms. The zero-order valence-electron chi connectivity index (χ0n) is 13.6. The van der Waals surface area contributed by atoms with Crippen molar-refractivity contribution in [2.24, 2.45) is 7.05 Å². The van der Waals surface area contributed by atoms with E-state index in [-0.39, 0.29) is 4.90 Å². The number of hydrogen-bond donors (Lipinski definition) is 1. The molecule has 0 amide bonds. The zero-order chi connectivity index (χ0) is 17.5. The van der Waals surface area contributed by atoms with Crippen molar-refractivity contribution in [2.45, 2.75) is 31.7 Å². The second-order valence-corrected chi connectivity index (χ2v) is 8.45. The van der Waals surface area contributed by atoms with Gasteiger partial charge in [0.1, 0.15) is 12.2 Å². The van der Waals surface area contributed by atoms with Gasteiger partial charge in [-0.3, -0.25) is 0 Å². The maximum Gasteiger partial charge on any atom is 0.242 e. The topological polar surface area (TPSA) is 103 Å². The van der Waals surface area contributed by atoms with Gasteiger partial charge in [0, 0.05) is 18.0 Å². The van der Waals surface area contributed by atoms with Crippen LogP contribution in [0.15, 0.2) is 27.9 Å². The van der Waals surface area contributed by atoms with Gasteiger partial charge in [0.25, 0.3) is 0 Å². The SMILES string of the molecule is Cc1cc(-c2cc(S(=O)(=O)N[C@H](C)c3nncn3C)c(C)s2)on1. The molecule has 3 aromatic rings. The summed E-state index contributed by atoms with van der Waals surface area (Å²) in [5.74, 6) is 1.10. The third kappa shape index (κ3) is 3.12. The van der Waals surface area contributed by atoms with Crippen molar-refractivity contribution in [1.82, 2.24) is 24.6 Å². The fraction of sp³-hybridized carbons (Fsp3) is 0.357. The van der Waals surface area contributed by atoms with Crippen molar-refractivity contribution < 1.29 is 12.9 Å². The van der Waals surface area contributed by atoms with E-state index in [2.05, 4.69) is 20.1 Å². The van der Waals surface area contributed by atoms with E-state index in [0.717, 1.165) is 10.6 Å². The molecule has 3 aromatic heterocycles. The van der Waals surface area contributed by atoms with Gasteiger partial charge in [-0.2, -0.15) is 0 Å². The monoisotopic (exact) mass is 367 g/mol. The van der Waals surface area contributed by atoms with E-state index in [9.17, 15) is 8.42 Å². The summed E-state index contributed by atoms with van der Waals surface area (Å²) in [7, 11) is -1.93. The van der Waals surface area contributed by atoms with Crippen LogP contribution in [-0.4, -0.2) is 28.3 Å². The molecule has 0 unspecified atom stereocenters. The molecule has 0 aromatic carbocycles. The van der Waals surface area contributed by atoms with Gasteiger partial charge in [-0.25, -0.2) is 13.1 Å². The standard InChI is InChI=1S/C14H17N5O3S2/c1-8-5-11(22-17-8)12-6-13(10(3)23-12)24(20,21)18-9(2)14-16-15-7-19(14)4/h5-7,9,18H,1-4H3/t9-/m1/s1. The number of sulfonamides is 1. The van der Waals surface area contributed by atoms with Crippen LogP contribution in [0.2, 0.25) is 0 Å². The Hall–Kier alpha value is -2.04. The fourth-order valence-corrected chi connectivity index (χ4v) is 5.11. The van der Waals surface area contributed by atoms with Gasteiger partial charge in [-0.15, -0.1) is 21.5 Å². The highest BCUT2D eigenvalue weighted by Crippen LogP contribution is 2.34. The summed E-state index contributed by atoms with van der Waals surface area (Å²) < 4.78 is 34.9. The highest BCUT2D eigenvalue weighted by molar-refractivity contribution is 7.89. The number of nitrogens with zero attached hydrogens (tertiary/aromatic N) is 4. The Morgan fingerprint density at radius 1 is 1.33 bits per heavy atom. The molecule has 1 atom stereocenters. The van der Waals surface area contributed by atoms with Crippen molar-refractivity contribution in [3.63, 3.8) is 0 Å². The second-order valence-electron chi connectivity index (χ2n) is 5.51. The molecule has 0 spiro atoms. The van der Waals surface area contributed by atoms with Crippen molar-refractivity contribution in [2.75, 3.05) is 0 Å². The van der Waals surface area contributed by atoms with Crippen molar-refractivity contribution in [1.29, 1.82) is 0 Å². The minimum atomic E-state index is -3.70. The van der Waals surface area contributed by atoms with E-state index < -0.39 is 16.1 Å². The maximum absolute atomic E-state index is 12.7. The van der Waals surface area contributed by atoms with Gasteiger partial charge in [0.05, 0.1) is 21.5 Å². The summed E-state index contributed by atoms with van der Waals surface area (Å²) in [6.45, 7) is 5.30. The molecule has 3 heterocycles. The molecular weight excluding hydrogens is 350 g/mol. The molecule has 0 fully saturated rings. The maximum atomic E-state index is 12.7. The number of rotatable bonds is 5. The lowest BCUT2D eigenvalue weighted by Crippen LogP contribution is -2.28. The van der Waals surface area contributed by atoms with Gasteiger partial charge in [0.15, 0.2) is 5.76 Å². The molecule has 128 valence electrons. The Balaban J connectivity index is 1.90. The first-order valence-corrected chi connectivity index (χ1v) is 9.48. The number of thiophene rings is 1. The van der Waals surface area contributed by atoms with Crippen LogP contribution in [0.5, 0.6) is 0 Å². The molecule has 3 rings (SSSR count). The van der Waals surface area contributed by atoms with Crippen LogP contribution in [-0.2, 0) is 17.1 Å². The van der Waals surface area contributed by atoms with Gasteiger partial charge in [-0.1, -0.05) is 5.16 Å². The van der Waals surface area contributed by atoms with E-state index in [1.54, 1.807) is 37.6 Å². The van der Waals surface area contributed by atoms with Crippen molar-refractivity contribution in [3.8, 4) is 10.6 Å². The van der Waals surface area contributed by atoms with Crippen LogP contribution in [0.3, 0.4) is 0 Å². The predicted molar refractivity (Wildman–Crippen MR) is 89.0 cm³/mol.